The number of rotatable bonds is 47. The summed E-state index contributed by atoms with van der Waals surface area (Å²) < 4.78 is 30.0. The van der Waals surface area contributed by atoms with Gasteiger partial charge in [0.2, 0.25) is 5.91 Å². The standard InChI is InChI=1S/C53H101N2O7P/c1-7-10-13-16-19-22-25-27-30-33-36-39-42-45-52(56)54-50(49-61-63(58,59)60-48-47-55(4,5)6)51(44-41-38-35-32-29-24-21-18-15-12-9-3)62-53(57)46-43-40-37-34-31-28-26-23-20-17-14-11-8-2/h28,31,37,40-41,44,50-51H,7-27,29-30,32-36,38-39,42-43,45-49H2,1-6H3,(H-,54,56,58,59)/b31-28-,40-37+,44-41+. The Kier molecular flexibility index (Phi) is 42.8. The molecule has 63 heavy (non-hydrogen) atoms. The lowest BCUT2D eigenvalue weighted by Gasteiger charge is -2.30. The molecule has 370 valence electrons. The summed E-state index contributed by atoms with van der Waals surface area (Å²) in [6.45, 7) is 6.78. The Hall–Kier alpha value is -1.77. The molecule has 1 N–H and O–H groups in total. The number of esters is 1. The number of likely N-dealkylation sites (N-methyl/N-ethyl adjacent to an activating group) is 1. The van der Waals surface area contributed by atoms with Crippen LogP contribution >= 0.6 is 7.82 Å². The number of allylic oxidation sites excluding steroid dienone is 5. The van der Waals surface area contributed by atoms with Crippen LogP contribution in [0.3, 0.4) is 0 Å². The summed E-state index contributed by atoms with van der Waals surface area (Å²) in [5.74, 6) is -0.615. The van der Waals surface area contributed by atoms with E-state index in [9.17, 15) is 19.0 Å². The average molecular weight is 909 g/mol. The molecule has 0 aromatic carbocycles. The molecule has 0 heterocycles. The number of hydrogen-bond donors (Lipinski definition) is 1. The number of nitrogens with one attached hydrogen (secondary N) is 1. The SMILES string of the molecule is CCCCCCCC/C=C\C/C=C/CCC(=O)OC(/C=C/CCCCCCCCCCC)C(COP(=O)([O-])OCC[N+](C)(C)C)NC(=O)CCCCCCCCCCCCCCC. The van der Waals surface area contributed by atoms with Gasteiger partial charge in [-0.1, -0.05) is 212 Å². The minimum absolute atomic E-state index is 0.0279. The van der Waals surface area contributed by atoms with Crippen molar-refractivity contribution in [2.45, 2.75) is 251 Å². The van der Waals surface area contributed by atoms with E-state index in [-0.39, 0.29) is 18.9 Å². The van der Waals surface area contributed by atoms with Crippen LogP contribution < -0.4 is 10.2 Å². The zero-order valence-electron chi connectivity index (χ0n) is 42.0. The lowest BCUT2D eigenvalue weighted by Crippen LogP contribution is -2.47. The van der Waals surface area contributed by atoms with Crippen molar-refractivity contribution in [3.8, 4) is 0 Å². The fourth-order valence-corrected chi connectivity index (χ4v) is 8.18. The minimum Gasteiger partial charge on any atom is -0.756 e. The van der Waals surface area contributed by atoms with Crippen molar-refractivity contribution >= 4 is 19.7 Å². The van der Waals surface area contributed by atoms with Gasteiger partial charge in [-0.25, -0.2) is 0 Å². The van der Waals surface area contributed by atoms with Crippen molar-refractivity contribution in [1.29, 1.82) is 0 Å². The molecule has 10 heteroatoms. The molecule has 0 aromatic heterocycles. The summed E-state index contributed by atoms with van der Waals surface area (Å²) >= 11 is 0. The molecule has 3 unspecified atom stereocenters. The van der Waals surface area contributed by atoms with Crippen molar-refractivity contribution < 1.29 is 37.3 Å². The van der Waals surface area contributed by atoms with E-state index in [0.29, 0.717) is 23.9 Å². The molecule has 0 saturated carbocycles. The number of amides is 1. The first kappa shape index (κ1) is 61.2. The summed E-state index contributed by atoms with van der Waals surface area (Å²) in [5.41, 5.74) is 0. The van der Waals surface area contributed by atoms with E-state index < -0.39 is 32.5 Å². The van der Waals surface area contributed by atoms with Gasteiger partial charge in [0.15, 0.2) is 0 Å². The van der Waals surface area contributed by atoms with Gasteiger partial charge in [-0.05, 0) is 51.0 Å². The van der Waals surface area contributed by atoms with E-state index >= 15 is 0 Å². The first-order valence-electron chi connectivity index (χ1n) is 26.3. The van der Waals surface area contributed by atoms with Crippen LogP contribution in [0, 0.1) is 0 Å². The number of carbonyl (C=O) groups excluding carboxylic acids is 2. The normalized spacial score (nSPS) is 14.2. The molecule has 1 amide bonds. The zero-order valence-corrected chi connectivity index (χ0v) is 42.9. The van der Waals surface area contributed by atoms with Crippen LogP contribution in [-0.2, 0) is 27.9 Å². The monoisotopic (exact) mass is 909 g/mol. The Morgan fingerprint density at radius 3 is 1.46 bits per heavy atom. The molecule has 0 rings (SSSR count). The lowest BCUT2D eigenvalue weighted by molar-refractivity contribution is -0.870. The van der Waals surface area contributed by atoms with Gasteiger partial charge in [0.25, 0.3) is 7.82 Å². The number of nitrogens with zero attached hydrogens (tertiary/aromatic N) is 1. The molecule has 0 radical (unpaired) electrons. The maximum Gasteiger partial charge on any atom is 0.306 e. The number of phosphoric acid groups is 1. The first-order valence-corrected chi connectivity index (χ1v) is 27.8. The van der Waals surface area contributed by atoms with Crippen molar-refractivity contribution in [2.24, 2.45) is 0 Å². The summed E-state index contributed by atoms with van der Waals surface area (Å²) in [6.07, 6.45) is 49.8. The number of phosphoric ester groups is 1. The number of carbonyl (C=O) groups is 2. The second kappa shape index (κ2) is 44.1. The van der Waals surface area contributed by atoms with Gasteiger partial charge in [-0.2, -0.15) is 0 Å². The molecule has 0 aliphatic carbocycles. The van der Waals surface area contributed by atoms with Crippen molar-refractivity contribution in [1.82, 2.24) is 5.32 Å². The molecule has 0 fully saturated rings. The van der Waals surface area contributed by atoms with Crippen molar-refractivity contribution in [3.05, 3.63) is 36.5 Å². The average Bonchev–Trinajstić information content (AvgIpc) is 3.23. The third-order valence-corrected chi connectivity index (χ3v) is 12.6. The maximum atomic E-state index is 13.4. The number of unbranched alkanes of at least 4 members (excludes halogenated alkanes) is 27. The zero-order chi connectivity index (χ0) is 46.5. The van der Waals surface area contributed by atoms with Crippen LogP contribution in [0.1, 0.15) is 239 Å². The van der Waals surface area contributed by atoms with Gasteiger partial charge in [0.1, 0.15) is 19.3 Å². The van der Waals surface area contributed by atoms with Crippen LogP contribution in [0.15, 0.2) is 36.5 Å². The van der Waals surface area contributed by atoms with E-state index in [0.717, 1.165) is 51.4 Å². The van der Waals surface area contributed by atoms with E-state index in [4.69, 9.17) is 13.8 Å². The predicted octanol–water partition coefficient (Wildman–Crippen LogP) is 14.6. The fraction of sp³-hybridized carbons (Fsp3) is 0.849. The van der Waals surface area contributed by atoms with Gasteiger partial charge in [-0.15, -0.1) is 0 Å². The van der Waals surface area contributed by atoms with Crippen molar-refractivity contribution in [3.63, 3.8) is 0 Å². The Morgan fingerprint density at radius 1 is 0.556 bits per heavy atom. The van der Waals surface area contributed by atoms with Crippen molar-refractivity contribution in [2.75, 3.05) is 40.9 Å². The molecule has 0 aliphatic heterocycles. The Labute approximate surface area is 389 Å². The molecule has 0 saturated heterocycles. The lowest BCUT2D eigenvalue weighted by atomic mass is 10.0. The van der Waals surface area contributed by atoms with Crippen LogP contribution in [0.25, 0.3) is 0 Å². The van der Waals surface area contributed by atoms with Crippen LogP contribution in [0.5, 0.6) is 0 Å². The highest BCUT2D eigenvalue weighted by atomic mass is 31.2. The smallest absolute Gasteiger partial charge is 0.306 e. The van der Waals surface area contributed by atoms with E-state index in [1.54, 1.807) is 6.08 Å². The third kappa shape index (κ3) is 45.2. The molecule has 0 bridgehead atoms. The first-order chi connectivity index (χ1) is 30.4. The Morgan fingerprint density at radius 2 is 0.984 bits per heavy atom. The Bertz CT molecular complexity index is 1180. The quantitative estimate of drug-likeness (QED) is 0.0213. The van der Waals surface area contributed by atoms with Gasteiger partial charge in [0.05, 0.1) is 33.8 Å². The summed E-state index contributed by atoms with van der Waals surface area (Å²) in [7, 11) is 1.16. The third-order valence-electron chi connectivity index (χ3n) is 11.6. The topological polar surface area (TPSA) is 114 Å². The highest BCUT2D eigenvalue weighted by Gasteiger charge is 2.27. The molecular formula is C53H101N2O7P. The van der Waals surface area contributed by atoms with Crippen LogP contribution in [0.2, 0.25) is 0 Å². The second-order valence-corrected chi connectivity index (χ2v) is 20.4. The largest absolute Gasteiger partial charge is 0.756 e. The fourth-order valence-electron chi connectivity index (χ4n) is 7.46. The minimum atomic E-state index is -4.69. The Balaban J connectivity index is 5.48. The summed E-state index contributed by atoms with van der Waals surface area (Å²) in [5, 5.41) is 2.99. The van der Waals surface area contributed by atoms with E-state index in [2.05, 4.69) is 44.3 Å². The maximum absolute atomic E-state index is 13.4. The van der Waals surface area contributed by atoms with E-state index in [1.807, 2.05) is 33.3 Å². The number of quaternary nitrogens is 1. The number of hydrogen-bond acceptors (Lipinski definition) is 7. The summed E-state index contributed by atoms with van der Waals surface area (Å²) in [6, 6.07) is -0.903. The molecule has 0 aliphatic rings. The van der Waals surface area contributed by atoms with Gasteiger partial charge in [-0.3, -0.25) is 14.2 Å². The van der Waals surface area contributed by atoms with Gasteiger partial charge < -0.3 is 28.5 Å². The van der Waals surface area contributed by atoms with Gasteiger partial charge >= 0.3 is 5.97 Å². The van der Waals surface area contributed by atoms with E-state index in [1.165, 1.54) is 148 Å². The molecule has 0 spiro atoms. The summed E-state index contributed by atoms with van der Waals surface area (Å²) in [4.78, 5) is 39.6. The highest BCUT2D eigenvalue weighted by Crippen LogP contribution is 2.38. The molecular weight excluding hydrogens is 808 g/mol. The van der Waals surface area contributed by atoms with Crippen LogP contribution in [0.4, 0.5) is 0 Å². The molecule has 9 nitrogen and oxygen atoms in total. The molecule has 0 aromatic rings. The van der Waals surface area contributed by atoms with Crippen LogP contribution in [-0.4, -0.2) is 69.4 Å². The second-order valence-electron chi connectivity index (χ2n) is 19.0. The number of ether oxygens (including phenoxy) is 1. The van der Waals surface area contributed by atoms with Gasteiger partial charge in [0, 0.05) is 12.8 Å². The molecule has 3 atom stereocenters. The predicted molar refractivity (Wildman–Crippen MR) is 266 cm³/mol. The highest BCUT2D eigenvalue weighted by molar-refractivity contribution is 7.45.